The number of benzene rings is 1. The van der Waals surface area contributed by atoms with E-state index >= 15 is 0 Å². The minimum Gasteiger partial charge on any atom is -0.370 e. The Morgan fingerprint density at radius 3 is 2.47 bits per heavy atom. The van der Waals surface area contributed by atoms with Gasteiger partial charge < -0.3 is 4.74 Å². The van der Waals surface area contributed by atoms with E-state index < -0.39 is 23.0 Å². The van der Waals surface area contributed by atoms with E-state index in [2.05, 4.69) is 0 Å². The smallest absolute Gasteiger partial charge is 0.194 e. The highest BCUT2D eigenvalue weighted by atomic mass is 19.1. The summed E-state index contributed by atoms with van der Waals surface area (Å²) in [6.07, 6.45) is 1.66. The Bertz CT molecular complexity index is 371. The maximum atomic E-state index is 13.3. The summed E-state index contributed by atoms with van der Waals surface area (Å²) in [5.41, 5.74) is -0.517. The highest BCUT2D eigenvalue weighted by Crippen LogP contribution is 2.13. The average Bonchev–Trinajstić information content (AvgIpc) is 2.26. The van der Waals surface area contributed by atoms with Crippen molar-refractivity contribution in [2.45, 2.75) is 32.8 Å². The first kappa shape index (κ1) is 13.8. The Kier molecular flexibility index (Phi) is 5.22. The van der Waals surface area contributed by atoms with Crippen molar-refractivity contribution in [1.29, 1.82) is 0 Å². The second kappa shape index (κ2) is 6.45. The maximum absolute atomic E-state index is 13.3. The number of ether oxygens (including phenoxy) is 1. The SMILES string of the molecule is CCCC(C)OCC(=O)c1c(F)cccc1F. The number of rotatable bonds is 6. The number of Topliss-reactive ketones (excluding diaryl/α,β-unsaturated/α-hetero) is 1. The third-order valence-electron chi connectivity index (χ3n) is 2.44. The summed E-state index contributed by atoms with van der Waals surface area (Å²) in [7, 11) is 0. The predicted molar refractivity (Wildman–Crippen MR) is 61.0 cm³/mol. The lowest BCUT2D eigenvalue weighted by Crippen LogP contribution is -2.17. The van der Waals surface area contributed by atoms with Gasteiger partial charge in [0.2, 0.25) is 0 Å². The first-order chi connectivity index (χ1) is 8.06. The van der Waals surface area contributed by atoms with Gasteiger partial charge in [-0.15, -0.1) is 0 Å². The van der Waals surface area contributed by atoms with Crippen molar-refractivity contribution in [1.82, 2.24) is 0 Å². The van der Waals surface area contributed by atoms with Crippen molar-refractivity contribution in [2.75, 3.05) is 6.61 Å². The van der Waals surface area contributed by atoms with Gasteiger partial charge in [0.05, 0.1) is 11.7 Å². The largest absolute Gasteiger partial charge is 0.370 e. The van der Waals surface area contributed by atoms with Crippen molar-refractivity contribution in [3.63, 3.8) is 0 Å². The molecule has 0 fully saturated rings. The second-order valence-electron chi connectivity index (χ2n) is 3.93. The molecule has 0 bridgehead atoms. The van der Waals surface area contributed by atoms with Crippen LogP contribution in [0.5, 0.6) is 0 Å². The molecule has 94 valence electrons. The molecule has 0 saturated heterocycles. The molecule has 0 amide bonds. The number of ketones is 1. The average molecular weight is 242 g/mol. The lowest BCUT2D eigenvalue weighted by Gasteiger charge is -2.11. The van der Waals surface area contributed by atoms with E-state index in [1.54, 1.807) is 0 Å². The highest BCUT2D eigenvalue weighted by Gasteiger charge is 2.17. The normalized spacial score (nSPS) is 12.5. The van der Waals surface area contributed by atoms with E-state index in [0.717, 1.165) is 25.0 Å². The summed E-state index contributed by atoms with van der Waals surface area (Å²) in [6.45, 7) is 3.53. The molecule has 0 aliphatic carbocycles. The highest BCUT2D eigenvalue weighted by molar-refractivity contribution is 5.97. The monoisotopic (exact) mass is 242 g/mol. The number of hydrogen-bond donors (Lipinski definition) is 0. The van der Waals surface area contributed by atoms with Crippen LogP contribution in [0.25, 0.3) is 0 Å². The number of halogens is 2. The molecule has 1 atom stereocenters. The lowest BCUT2D eigenvalue weighted by molar-refractivity contribution is 0.0484. The summed E-state index contributed by atoms with van der Waals surface area (Å²) in [4.78, 5) is 11.6. The van der Waals surface area contributed by atoms with Crippen LogP contribution in [0.15, 0.2) is 18.2 Å². The molecule has 0 N–H and O–H groups in total. The van der Waals surface area contributed by atoms with Crippen LogP contribution in [-0.2, 0) is 4.74 Å². The molecular weight excluding hydrogens is 226 g/mol. The van der Waals surface area contributed by atoms with E-state index in [-0.39, 0.29) is 12.7 Å². The van der Waals surface area contributed by atoms with Crippen molar-refractivity contribution < 1.29 is 18.3 Å². The summed E-state index contributed by atoms with van der Waals surface area (Å²) in [5, 5.41) is 0. The molecule has 0 aliphatic heterocycles. The molecule has 1 unspecified atom stereocenters. The van der Waals surface area contributed by atoms with Gasteiger partial charge in [0.25, 0.3) is 0 Å². The molecule has 17 heavy (non-hydrogen) atoms. The fraction of sp³-hybridized carbons (Fsp3) is 0.462. The summed E-state index contributed by atoms with van der Waals surface area (Å²) in [5.74, 6) is -2.35. The topological polar surface area (TPSA) is 26.3 Å². The Labute approximate surface area is 99.6 Å². The number of carbonyl (C=O) groups excluding carboxylic acids is 1. The van der Waals surface area contributed by atoms with Gasteiger partial charge in [0.15, 0.2) is 5.78 Å². The Balaban J connectivity index is 2.64. The zero-order valence-electron chi connectivity index (χ0n) is 10.0. The third-order valence-corrected chi connectivity index (χ3v) is 2.44. The zero-order chi connectivity index (χ0) is 12.8. The molecule has 0 heterocycles. The molecule has 0 saturated carbocycles. The van der Waals surface area contributed by atoms with Crippen LogP contribution in [0.3, 0.4) is 0 Å². The summed E-state index contributed by atoms with van der Waals surface area (Å²) >= 11 is 0. The van der Waals surface area contributed by atoms with Crippen LogP contribution in [0, 0.1) is 11.6 Å². The molecule has 1 rings (SSSR count). The minimum atomic E-state index is -0.846. The van der Waals surface area contributed by atoms with Crippen LogP contribution in [0.2, 0.25) is 0 Å². The second-order valence-corrected chi connectivity index (χ2v) is 3.93. The van der Waals surface area contributed by atoms with Crippen LogP contribution in [0.4, 0.5) is 8.78 Å². The van der Waals surface area contributed by atoms with Crippen LogP contribution >= 0.6 is 0 Å². The Hall–Kier alpha value is -1.29. The molecule has 0 aliphatic rings. The summed E-state index contributed by atoms with van der Waals surface area (Å²) < 4.78 is 31.7. The van der Waals surface area contributed by atoms with E-state index in [0.29, 0.717) is 0 Å². The first-order valence-electron chi connectivity index (χ1n) is 5.65. The van der Waals surface area contributed by atoms with Crippen molar-refractivity contribution >= 4 is 5.78 Å². The van der Waals surface area contributed by atoms with Gasteiger partial charge in [-0.2, -0.15) is 0 Å². The molecule has 4 heteroatoms. The summed E-state index contributed by atoms with van der Waals surface area (Å²) in [6, 6.07) is 3.35. The molecule has 2 nitrogen and oxygen atoms in total. The van der Waals surface area contributed by atoms with E-state index in [4.69, 9.17) is 4.74 Å². The molecule has 0 radical (unpaired) electrons. The van der Waals surface area contributed by atoms with Gasteiger partial charge in [0, 0.05) is 0 Å². The van der Waals surface area contributed by atoms with Crippen molar-refractivity contribution in [3.8, 4) is 0 Å². The molecule has 1 aromatic rings. The molecular formula is C13H16F2O2. The predicted octanol–water partition coefficient (Wildman–Crippen LogP) is 3.35. The first-order valence-corrected chi connectivity index (χ1v) is 5.65. The molecule has 1 aromatic carbocycles. The fourth-order valence-corrected chi connectivity index (χ4v) is 1.54. The quantitative estimate of drug-likeness (QED) is 0.715. The van der Waals surface area contributed by atoms with E-state index in [9.17, 15) is 13.6 Å². The van der Waals surface area contributed by atoms with Crippen molar-refractivity contribution in [2.24, 2.45) is 0 Å². The van der Waals surface area contributed by atoms with Gasteiger partial charge >= 0.3 is 0 Å². The molecule has 0 aromatic heterocycles. The minimum absolute atomic E-state index is 0.0845. The standard InChI is InChI=1S/C13H16F2O2/c1-3-5-9(2)17-8-12(16)13-10(14)6-4-7-11(13)15/h4,6-7,9H,3,5,8H2,1-2H3. The Morgan fingerprint density at radius 1 is 1.35 bits per heavy atom. The number of carbonyl (C=O) groups is 1. The Morgan fingerprint density at radius 2 is 1.94 bits per heavy atom. The third kappa shape index (κ3) is 3.89. The van der Waals surface area contributed by atoms with Crippen molar-refractivity contribution in [3.05, 3.63) is 35.4 Å². The van der Waals surface area contributed by atoms with Crippen LogP contribution in [0.1, 0.15) is 37.0 Å². The van der Waals surface area contributed by atoms with Gasteiger partial charge in [-0.05, 0) is 25.5 Å². The van der Waals surface area contributed by atoms with Gasteiger partial charge in [0.1, 0.15) is 18.2 Å². The van der Waals surface area contributed by atoms with Crippen LogP contribution < -0.4 is 0 Å². The zero-order valence-corrected chi connectivity index (χ0v) is 10.0. The lowest BCUT2D eigenvalue weighted by atomic mass is 10.1. The fourth-order valence-electron chi connectivity index (χ4n) is 1.54. The van der Waals surface area contributed by atoms with Gasteiger partial charge in [-0.25, -0.2) is 8.78 Å². The van der Waals surface area contributed by atoms with Gasteiger partial charge in [-0.1, -0.05) is 19.4 Å². The molecule has 0 spiro atoms. The van der Waals surface area contributed by atoms with E-state index in [1.807, 2.05) is 13.8 Å². The van der Waals surface area contributed by atoms with Crippen LogP contribution in [-0.4, -0.2) is 18.5 Å². The number of hydrogen-bond acceptors (Lipinski definition) is 2. The van der Waals surface area contributed by atoms with Gasteiger partial charge in [-0.3, -0.25) is 4.79 Å². The van der Waals surface area contributed by atoms with E-state index in [1.165, 1.54) is 6.07 Å². The maximum Gasteiger partial charge on any atom is 0.194 e.